The minimum Gasteiger partial charge on any atom is -0.479 e. The number of carbonyl (C=O) groups is 2. The van der Waals surface area contributed by atoms with E-state index >= 15 is 0 Å². The van der Waals surface area contributed by atoms with Crippen LogP contribution in [0.1, 0.15) is 23.0 Å². The van der Waals surface area contributed by atoms with Gasteiger partial charge in [0.1, 0.15) is 5.75 Å². The van der Waals surface area contributed by atoms with Crippen LogP contribution in [0.2, 0.25) is 10.4 Å². The Kier molecular flexibility index (Phi) is 5.64. The number of ether oxygens (including phenoxy) is 1. The molecule has 1 unspecified atom stereocenters. The molecular weight excluding hydrogens is 355 g/mol. The SMILES string of the molecule is CC(Oc1cccc(C(=O)/C=C/c2c(Cl)nc(Cl)n2C)c1)C(=O)O. The number of aliphatic carboxylic acids is 1. The number of rotatable bonds is 6. The quantitative estimate of drug-likeness (QED) is 0.623. The monoisotopic (exact) mass is 368 g/mol. The van der Waals surface area contributed by atoms with Gasteiger partial charge in [-0.05, 0) is 42.8 Å². The van der Waals surface area contributed by atoms with Crippen LogP contribution in [0.5, 0.6) is 5.75 Å². The van der Waals surface area contributed by atoms with E-state index in [1.165, 1.54) is 25.1 Å². The van der Waals surface area contributed by atoms with Crippen molar-refractivity contribution in [3.05, 3.63) is 52.0 Å². The van der Waals surface area contributed by atoms with Crippen molar-refractivity contribution in [1.29, 1.82) is 0 Å². The van der Waals surface area contributed by atoms with Crippen LogP contribution in [-0.2, 0) is 11.8 Å². The van der Waals surface area contributed by atoms with Gasteiger partial charge in [0, 0.05) is 12.6 Å². The van der Waals surface area contributed by atoms with Gasteiger partial charge in [-0.2, -0.15) is 0 Å². The number of hydrogen-bond donors (Lipinski definition) is 1. The van der Waals surface area contributed by atoms with Gasteiger partial charge in [-0.3, -0.25) is 4.79 Å². The average Bonchev–Trinajstić information content (AvgIpc) is 2.78. The summed E-state index contributed by atoms with van der Waals surface area (Å²) in [5, 5.41) is 9.26. The van der Waals surface area contributed by atoms with Gasteiger partial charge in [-0.1, -0.05) is 23.7 Å². The molecule has 24 heavy (non-hydrogen) atoms. The molecule has 0 amide bonds. The molecule has 8 heteroatoms. The summed E-state index contributed by atoms with van der Waals surface area (Å²) in [4.78, 5) is 26.9. The molecule has 0 spiro atoms. The maximum Gasteiger partial charge on any atom is 0.344 e. The Balaban J connectivity index is 2.18. The van der Waals surface area contributed by atoms with Gasteiger partial charge in [0.25, 0.3) is 0 Å². The fourth-order valence-corrected chi connectivity index (χ4v) is 2.35. The molecule has 0 saturated heterocycles. The molecule has 126 valence electrons. The van der Waals surface area contributed by atoms with Gasteiger partial charge in [-0.25, -0.2) is 9.78 Å². The van der Waals surface area contributed by atoms with Crippen LogP contribution in [0.25, 0.3) is 6.08 Å². The van der Waals surface area contributed by atoms with Gasteiger partial charge in [-0.15, -0.1) is 0 Å². The maximum atomic E-state index is 12.3. The third-order valence-electron chi connectivity index (χ3n) is 3.21. The third-order valence-corrected chi connectivity index (χ3v) is 3.83. The van der Waals surface area contributed by atoms with Crippen molar-refractivity contribution >= 4 is 41.0 Å². The number of halogens is 2. The van der Waals surface area contributed by atoms with Crippen LogP contribution < -0.4 is 4.74 Å². The van der Waals surface area contributed by atoms with Crippen molar-refractivity contribution in [2.75, 3.05) is 0 Å². The zero-order valence-corrected chi connectivity index (χ0v) is 14.4. The number of ketones is 1. The maximum absolute atomic E-state index is 12.3. The van der Waals surface area contributed by atoms with E-state index in [1.807, 2.05) is 0 Å². The van der Waals surface area contributed by atoms with E-state index in [9.17, 15) is 9.59 Å². The number of hydrogen-bond acceptors (Lipinski definition) is 4. The van der Waals surface area contributed by atoms with Crippen molar-refractivity contribution in [3.8, 4) is 5.75 Å². The van der Waals surface area contributed by atoms with Gasteiger partial charge in [0.15, 0.2) is 17.0 Å². The molecule has 0 aliphatic carbocycles. The molecule has 0 radical (unpaired) electrons. The molecule has 1 N–H and O–H groups in total. The van der Waals surface area contributed by atoms with Crippen molar-refractivity contribution < 1.29 is 19.4 Å². The van der Waals surface area contributed by atoms with Crippen LogP contribution in [-0.4, -0.2) is 32.5 Å². The van der Waals surface area contributed by atoms with Crippen LogP contribution in [0.4, 0.5) is 0 Å². The summed E-state index contributed by atoms with van der Waals surface area (Å²) in [6.45, 7) is 1.41. The topological polar surface area (TPSA) is 81.4 Å². The first kappa shape index (κ1) is 18.0. The lowest BCUT2D eigenvalue weighted by molar-refractivity contribution is -0.144. The molecule has 1 heterocycles. The van der Waals surface area contributed by atoms with E-state index in [0.29, 0.717) is 17.0 Å². The van der Waals surface area contributed by atoms with Gasteiger partial charge >= 0.3 is 5.97 Å². The number of imidazole rings is 1. The van der Waals surface area contributed by atoms with E-state index < -0.39 is 12.1 Å². The fourth-order valence-electron chi connectivity index (χ4n) is 1.86. The minimum absolute atomic E-state index is 0.193. The number of nitrogens with zero attached hydrogens (tertiary/aromatic N) is 2. The zero-order valence-electron chi connectivity index (χ0n) is 12.9. The molecule has 1 aromatic heterocycles. The molecule has 6 nitrogen and oxygen atoms in total. The van der Waals surface area contributed by atoms with Gasteiger partial charge < -0.3 is 14.4 Å². The van der Waals surface area contributed by atoms with Gasteiger partial charge in [0.2, 0.25) is 5.28 Å². The molecule has 1 atom stereocenters. The lowest BCUT2D eigenvalue weighted by Gasteiger charge is -2.10. The second-order valence-electron chi connectivity index (χ2n) is 4.94. The molecule has 2 rings (SSSR count). The lowest BCUT2D eigenvalue weighted by atomic mass is 10.1. The predicted molar refractivity (Wildman–Crippen MR) is 90.8 cm³/mol. The van der Waals surface area contributed by atoms with Gasteiger partial charge in [0.05, 0.1) is 5.69 Å². The Morgan fingerprint density at radius 3 is 2.67 bits per heavy atom. The Labute approximate surface area is 148 Å². The van der Waals surface area contributed by atoms with Crippen LogP contribution >= 0.6 is 23.2 Å². The number of carboxylic acid groups (broad SMARTS) is 1. The fraction of sp³-hybridized carbons (Fsp3) is 0.188. The summed E-state index contributed by atoms with van der Waals surface area (Å²) in [7, 11) is 1.67. The first-order valence-corrected chi connectivity index (χ1v) is 7.65. The standard InChI is InChI=1S/C16H14Cl2N2O4/c1-9(15(22)23)24-11-5-3-4-10(8-11)13(21)7-6-12-14(17)19-16(18)20(12)2/h3-9H,1-2H3,(H,22,23)/b7-6+. The highest BCUT2D eigenvalue weighted by atomic mass is 35.5. The summed E-state index contributed by atoms with van der Waals surface area (Å²) < 4.78 is 6.79. The smallest absolute Gasteiger partial charge is 0.344 e. The minimum atomic E-state index is -1.09. The normalized spacial score (nSPS) is 12.3. The van der Waals surface area contributed by atoms with Crippen molar-refractivity contribution in [1.82, 2.24) is 9.55 Å². The molecule has 0 aliphatic rings. The van der Waals surface area contributed by atoms with E-state index in [2.05, 4.69) is 4.98 Å². The summed E-state index contributed by atoms with van der Waals surface area (Å²) in [5.74, 6) is -1.09. The van der Waals surface area contributed by atoms with Crippen molar-refractivity contribution in [2.45, 2.75) is 13.0 Å². The first-order chi connectivity index (χ1) is 11.3. The highest BCUT2D eigenvalue weighted by Gasteiger charge is 2.14. The van der Waals surface area contributed by atoms with Crippen molar-refractivity contribution in [2.24, 2.45) is 7.05 Å². The molecule has 0 saturated carbocycles. The highest BCUT2D eigenvalue weighted by molar-refractivity contribution is 6.33. The first-order valence-electron chi connectivity index (χ1n) is 6.89. The Morgan fingerprint density at radius 2 is 2.08 bits per heavy atom. The van der Waals surface area contributed by atoms with E-state index in [1.54, 1.807) is 29.8 Å². The summed E-state index contributed by atoms with van der Waals surface area (Å²) in [6.07, 6.45) is 1.83. The summed E-state index contributed by atoms with van der Waals surface area (Å²) in [5.41, 5.74) is 0.854. The number of aromatic nitrogens is 2. The largest absolute Gasteiger partial charge is 0.479 e. The van der Waals surface area contributed by atoms with E-state index in [4.69, 9.17) is 33.0 Å². The number of allylic oxidation sites excluding steroid dienone is 1. The Hall–Kier alpha value is -2.31. The van der Waals surface area contributed by atoms with Crippen LogP contribution in [0.3, 0.4) is 0 Å². The number of carbonyl (C=O) groups excluding carboxylic acids is 1. The lowest BCUT2D eigenvalue weighted by Crippen LogP contribution is -2.22. The zero-order chi connectivity index (χ0) is 17.9. The third kappa shape index (κ3) is 4.15. The Morgan fingerprint density at radius 1 is 1.38 bits per heavy atom. The average molecular weight is 369 g/mol. The highest BCUT2D eigenvalue weighted by Crippen LogP contribution is 2.21. The molecule has 2 aromatic rings. The summed E-state index contributed by atoms with van der Waals surface area (Å²) in [6, 6.07) is 6.27. The molecule has 0 fully saturated rings. The second-order valence-corrected chi connectivity index (χ2v) is 5.64. The molecule has 0 aliphatic heterocycles. The molecule has 1 aromatic carbocycles. The van der Waals surface area contributed by atoms with Crippen LogP contribution in [0.15, 0.2) is 30.3 Å². The summed E-state index contributed by atoms with van der Waals surface area (Å²) >= 11 is 11.8. The number of carboxylic acids is 1. The molecular formula is C16H14Cl2N2O4. The number of benzene rings is 1. The second kappa shape index (κ2) is 7.51. The van der Waals surface area contributed by atoms with Crippen molar-refractivity contribution in [3.63, 3.8) is 0 Å². The van der Waals surface area contributed by atoms with E-state index in [-0.39, 0.29) is 16.2 Å². The Bertz CT molecular complexity index is 814. The van der Waals surface area contributed by atoms with E-state index in [0.717, 1.165) is 0 Å². The molecule has 0 bridgehead atoms. The van der Waals surface area contributed by atoms with Crippen LogP contribution in [0, 0.1) is 0 Å². The predicted octanol–water partition coefficient (Wildman–Crippen LogP) is 3.47.